The number of benzene rings is 1. The molecule has 0 saturated carbocycles. The van der Waals surface area contributed by atoms with E-state index < -0.39 is 0 Å². The van der Waals surface area contributed by atoms with Crippen molar-refractivity contribution in [3.63, 3.8) is 0 Å². The van der Waals surface area contributed by atoms with E-state index >= 15 is 0 Å². The summed E-state index contributed by atoms with van der Waals surface area (Å²) in [7, 11) is 0. The highest BCUT2D eigenvalue weighted by atomic mass is 35.5. The van der Waals surface area contributed by atoms with Crippen LogP contribution in [-0.2, 0) is 6.42 Å². The van der Waals surface area contributed by atoms with E-state index in [0.29, 0.717) is 0 Å². The first kappa shape index (κ1) is 15.9. The van der Waals surface area contributed by atoms with E-state index in [1.54, 1.807) is 6.20 Å². The minimum atomic E-state index is 0. The third kappa shape index (κ3) is 4.73. The predicted octanol–water partition coefficient (Wildman–Crippen LogP) is 3.17. The Morgan fingerprint density at radius 1 is 0.941 bits per heavy atom. The highest BCUT2D eigenvalue weighted by molar-refractivity contribution is 5.85. The van der Waals surface area contributed by atoms with Crippen LogP contribution in [0.15, 0.2) is 54.7 Å². The van der Waals surface area contributed by atoms with Gasteiger partial charge in [0.2, 0.25) is 0 Å². The fraction of sp³-hybridized carbons (Fsp3) is 0.154. The molecule has 2 aromatic rings. The van der Waals surface area contributed by atoms with Crippen LogP contribution in [0, 0.1) is 0 Å². The largest absolute Gasteiger partial charge is 0.324 e. The summed E-state index contributed by atoms with van der Waals surface area (Å²) in [5, 5.41) is 0. The van der Waals surface area contributed by atoms with Crippen LogP contribution in [-0.4, -0.2) is 4.98 Å². The molecular weight excluding hydrogens is 255 g/mol. The monoisotopic (exact) mass is 270 g/mol. The fourth-order valence-electron chi connectivity index (χ4n) is 1.56. The molecule has 4 heteroatoms. The summed E-state index contributed by atoms with van der Waals surface area (Å²) in [6.07, 6.45) is 2.58. The Bertz CT molecular complexity index is 406. The van der Waals surface area contributed by atoms with Gasteiger partial charge < -0.3 is 5.73 Å². The SMILES string of the molecule is Cl.Cl.N[C@H](Cc1ccccn1)c1ccccc1. The van der Waals surface area contributed by atoms with Gasteiger partial charge >= 0.3 is 0 Å². The normalized spacial score (nSPS) is 10.9. The van der Waals surface area contributed by atoms with Gasteiger partial charge in [0.15, 0.2) is 0 Å². The van der Waals surface area contributed by atoms with Crippen molar-refractivity contribution in [2.24, 2.45) is 5.73 Å². The van der Waals surface area contributed by atoms with Crippen LogP contribution in [0.25, 0.3) is 0 Å². The van der Waals surface area contributed by atoms with E-state index in [-0.39, 0.29) is 30.9 Å². The summed E-state index contributed by atoms with van der Waals surface area (Å²) in [4.78, 5) is 4.26. The van der Waals surface area contributed by atoms with Gasteiger partial charge in [0.1, 0.15) is 0 Å². The zero-order valence-electron chi connectivity index (χ0n) is 9.32. The van der Waals surface area contributed by atoms with Crippen molar-refractivity contribution < 1.29 is 0 Å². The lowest BCUT2D eigenvalue weighted by atomic mass is 10.0. The summed E-state index contributed by atoms with van der Waals surface area (Å²) in [6, 6.07) is 16.0. The Labute approximate surface area is 114 Å². The number of pyridine rings is 1. The van der Waals surface area contributed by atoms with Gasteiger partial charge in [-0.3, -0.25) is 4.98 Å². The Morgan fingerprint density at radius 2 is 1.59 bits per heavy atom. The van der Waals surface area contributed by atoms with Crippen LogP contribution in [0.1, 0.15) is 17.3 Å². The summed E-state index contributed by atoms with van der Waals surface area (Å²) in [5.74, 6) is 0. The maximum Gasteiger partial charge on any atom is 0.0422 e. The molecule has 0 unspecified atom stereocenters. The molecule has 0 amide bonds. The Morgan fingerprint density at radius 3 is 2.18 bits per heavy atom. The standard InChI is InChI=1S/C13H14N2.2ClH/c14-13(11-6-2-1-3-7-11)10-12-8-4-5-9-15-12;;/h1-9,13H,10,14H2;2*1H/t13-;;/m1../s1. The second-order valence-electron chi connectivity index (χ2n) is 3.54. The molecule has 92 valence electrons. The summed E-state index contributed by atoms with van der Waals surface area (Å²) >= 11 is 0. The van der Waals surface area contributed by atoms with E-state index in [0.717, 1.165) is 17.7 Å². The van der Waals surface area contributed by atoms with Gasteiger partial charge in [-0.25, -0.2) is 0 Å². The first-order valence-electron chi connectivity index (χ1n) is 5.06. The Balaban J connectivity index is 0.00000128. The van der Waals surface area contributed by atoms with Crippen molar-refractivity contribution in [1.29, 1.82) is 0 Å². The third-order valence-corrected chi connectivity index (χ3v) is 2.38. The second kappa shape index (κ2) is 8.07. The maximum absolute atomic E-state index is 6.09. The van der Waals surface area contributed by atoms with Crippen LogP contribution in [0.3, 0.4) is 0 Å². The molecule has 17 heavy (non-hydrogen) atoms. The summed E-state index contributed by atoms with van der Waals surface area (Å²) < 4.78 is 0. The van der Waals surface area contributed by atoms with E-state index in [1.165, 1.54) is 0 Å². The highest BCUT2D eigenvalue weighted by Gasteiger charge is 2.06. The summed E-state index contributed by atoms with van der Waals surface area (Å²) in [6.45, 7) is 0. The molecule has 0 bridgehead atoms. The van der Waals surface area contributed by atoms with Crippen LogP contribution < -0.4 is 5.73 Å². The molecule has 0 spiro atoms. The number of halogens is 2. The third-order valence-electron chi connectivity index (χ3n) is 2.38. The van der Waals surface area contributed by atoms with Crippen LogP contribution in [0.5, 0.6) is 0 Å². The van der Waals surface area contributed by atoms with E-state index in [9.17, 15) is 0 Å². The average Bonchev–Trinajstić information content (AvgIpc) is 2.31. The molecule has 0 saturated heterocycles. The molecule has 0 aliphatic rings. The zero-order chi connectivity index (χ0) is 10.5. The molecule has 1 aromatic heterocycles. The molecule has 0 aliphatic heterocycles. The smallest absolute Gasteiger partial charge is 0.0422 e. The molecule has 1 heterocycles. The molecule has 0 aliphatic carbocycles. The van der Waals surface area contributed by atoms with Crippen LogP contribution in [0.4, 0.5) is 0 Å². The van der Waals surface area contributed by atoms with Crippen molar-refractivity contribution in [1.82, 2.24) is 4.98 Å². The lowest BCUT2D eigenvalue weighted by molar-refractivity contribution is 0.707. The van der Waals surface area contributed by atoms with Crippen molar-refractivity contribution in [2.75, 3.05) is 0 Å². The lowest BCUT2D eigenvalue weighted by Gasteiger charge is -2.10. The van der Waals surface area contributed by atoms with Gasteiger partial charge in [0.25, 0.3) is 0 Å². The first-order valence-corrected chi connectivity index (χ1v) is 5.06. The van der Waals surface area contributed by atoms with Crippen molar-refractivity contribution in [2.45, 2.75) is 12.5 Å². The van der Waals surface area contributed by atoms with Gasteiger partial charge in [0.05, 0.1) is 0 Å². The van der Waals surface area contributed by atoms with Gasteiger partial charge in [-0.2, -0.15) is 0 Å². The minimum absolute atomic E-state index is 0. The molecular formula is C13H16Cl2N2. The van der Waals surface area contributed by atoms with E-state index in [1.807, 2.05) is 48.5 Å². The lowest BCUT2D eigenvalue weighted by Crippen LogP contribution is -2.13. The first-order chi connectivity index (χ1) is 7.36. The van der Waals surface area contributed by atoms with Gasteiger partial charge in [-0.1, -0.05) is 36.4 Å². The van der Waals surface area contributed by atoms with Crippen LogP contribution >= 0.6 is 24.8 Å². The highest BCUT2D eigenvalue weighted by Crippen LogP contribution is 2.13. The van der Waals surface area contributed by atoms with Gasteiger partial charge in [-0.05, 0) is 17.7 Å². The number of rotatable bonds is 3. The van der Waals surface area contributed by atoms with Gasteiger partial charge in [-0.15, -0.1) is 24.8 Å². The predicted molar refractivity (Wildman–Crippen MR) is 75.8 cm³/mol. The number of aromatic nitrogens is 1. The van der Waals surface area contributed by atoms with Crippen molar-refractivity contribution in [3.8, 4) is 0 Å². The maximum atomic E-state index is 6.09. The van der Waals surface area contributed by atoms with Crippen molar-refractivity contribution >= 4 is 24.8 Å². The topological polar surface area (TPSA) is 38.9 Å². The molecule has 1 atom stereocenters. The molecule has 1 aromatic carbocycles. The minimum Gasteiger partial charge on any atom is -0.324 e. The summed E-state index contributed by atoms with van der Waals surface area (Å²) in [5.41, 5.74) is 8.28. The Kier molecular flexibility index (Phi) is 7.55. The average molecular weight is 271 g/mol. The van der Waals surface area contributed by atoms with Gasteiger partial charge in [0, 0.05) is 24.4 Å². The fourth-order valence-corrected chi connectivity index (χ4v) is 1.56. The number of hydrogen-bond acceptors (Lipinski definition) is 2. The molecule has 2 N–H and O–H groups in total. The zero-order valence-corrected chi connectivity index (χ0v) is 11.0. The molecule has 2 rings (SSSR count). The molecule has 0 radical (unpaired) electrons. The van der Waals surface area contributed by atoms with Crippen molar-refractivity contribution in [3.05, 3.63) is 66.0 Å². The molecule has 2 nitrogen and oxygen atoms in total. The Hall–Kier alpha value is -1.09. The van der Waals surface area contributed by atoms with E-state index in [2.05, 4.69) is 4.98 Å². The molecule has 0 fully saturated rings. The number of nitrogens with two attached hydrogens (primary N) is 1. The quantitative estimate of drug-likeness (QED) is 0.931. The second-order valence-corrected chi connectivity index (χ2v) is 3.54. The number of hydrogen-bond donors (Lipinski definition) is 1. The van der Waals surface area contributed by atoms with Crippen LogP contribution in [0.2, 0.25) is 0 Å². The number of nitrogens with zero attached hydrogens (tertiary/aromatic N) is 1. The van der Waals surface area contributed by atoms with E-state index in [4.69, 9.17) is 5.73 Å².